The fraction of sp³-hybridized carbons (Fsp3) is 0.286. The Morgan fingerprint density at radius 3 is 2.59 bits per heavy atom. The van der Waals surface area contributed by atoms with E-state index >= 15 is 0 Å². The number of ether oxygens (including phenoxy) is 1. The molecular weight excluding hydrogens is 212 g/mol. The van der Waals surface area contributed by atoms with Crippen LogP contribution in [0.25, 0.3) is 0 Å². The molecule has 1 aromatic heterocycles. The summed E-state index contributed by atoms with van der Waals surface area (Å²) < 4.78 is 5.70. The average molecular weight is 228 g/mol. The molecule has 3 nitrogen and oxygen atoms in total. The molecule has 0 N–H and O–H groups in total. The number of hydrogen-bond donors (Lipinski definition) is 0. The van der Waals surface area contributed by atoms with Gasteiger partial charge in [-0.1, -0.05) is 37.3 Å². The van der Waals surface area contributed by atoms with E-state index in [0.29, 0.717) is 6.61 Å². The van der Waals surface area contributed by atoms with Gasteiger partial charge < -0.3 is 4.74 Å². The molecule has 2 rings (SSSR count). The van der Waals surface area contributed by atoms with Crippen LogP contribution in [0.15, 0.2) is 36.5 Å². The first-order valence-electron chi connectivity index (χ1n) is 5.79. The van der Waals surface area contributed by atoms with Gasteiger partial charge in [0.1, 0.15) is 12.4 Å². The third kappa shape index (κ3) is 3.03. The molecule has 0 aliphatic heterocycles. The van der Waals surface area contributed by atoms with Crippen molar-refractivity contribution < 1.29 is 4.74 Å². The summed E-state index contributed by atoms with van der Waals surface area (Å²) in [5.41, 5.74) is 2.04. The largest absolute Gasteiger partial charge is 0.485 e. The fourth-order valence-corrected chi connectivity index (χ4v) is 1.55. The zero-order chi connectivity index (χ0) is 12.1. The van der Waals surface area contributed by atoms with Crippen molar-refractivity contribution in [3.05, 3.63) is 53.6 Å². The van der Waals surface area contributed by atoms with E-state index in [9.17, 15) is 0 Å². The van der Waals surface area contributed by atoms with E-state index in [0.717, 1.165) is 29.3 Å². The first-order valence-corrected chi connectivity index (χ1v) is 5.79. The van der Waals surface area contributed by atoms with Crippen LogP contribution in [0.1, 0.15) is 24.0 Å². The summed E-state index contributed by atoms with van der Waals surface area (Å²) in [6, 6.07) is 10.1. The minimum absolute atomic E-state index is 0.552. The molecule has 3 heteroatoms. The molecule has 88 valence electrons. The minimum atomic E-state index is 0.552. The Kier molecular flexibility index (Phi) is 3.70. The molecule has 0 unspecified atom stereocenters. The fourth-order valence-electron chi connectivity index (χ4n) is 1.55. The molecule has 0 atom stereocenters. The van der Waals surface area contributed by atoms with Crippen molar-refractivity contribution in [2.24, 2.45) is 0 Å². The lowest BCUT2D eigenvalue weighted by Crippen LogP contribution is -2.01. The Hall–Kier alpha value is -1.90. The van der Waals surface area contributed by atoms with Crippen LogP contribution < -0.4 is 4.74 Å². The van der Waals surface area contributed by atoms with Crippen molar-refractivity contribution >= 4 is 0 Å². The first kappa shape index (κ1) is 11.6. The van der Waals surface area contributed by atoms with Gasteiger partial charge in [0.05, 0.1) is 11.9 Å². The van der Waals surface area contributed by atoms with E-state index in [1.54, 1.807) is 6.20 Å². The van der Waals surface area contributed by atoms with E-state index in [-0.39, 0.29) is 0 Å². The lowest BCUT2D eigenvalue weighted by Gasteiger charge is -2.08. The average Bonchev–Trinajstić information content (AvgIpc) is 2.38. The normalized spacial score (nSPS) is 10.2. The molecule has 0 aliphatic rings. The van der Waals surface area contributed by atoms with E-state index in [2.05, 4.69) is 9.97 Å². The maximum atomic E-state index is 5.70. The third-order valence-corrected chi connectivity index (χ3v) is 2.54. The van der Waals surface area contributed by atoms with Gasteiger partial charge in [0, 0.05) is 6.42 Å². The highest BCUT2D eigenvalue weighted by molar-refractivity contribution is 5.24. The molecule has 0 saturated heterocycles. The van der Waals surface area contributed by atoms with Gasteiger partial charge >= 0.3 is 0 Å². The predicted octanol–water partition coefficient (Wildman–Crippen LogP) is 2.93. The van der Waals surface area contributed by atoms with Gasteiger partial charge in [-0.2, -0.15) is 0 Å². The van der Waals surface area contributed by atoms with Crippen LogP contribution in [-0.4, -0.2) is 9.97 Å². The number of rotatable bonds is 4. The molecule has 2 aromatic rings. The van der Waals surface area contributed by atoms with E-state index in [4.69, 9.17) is 4.74 Å². The van der Waals surface area contributed by atoms with Crippen LogP contribution in [-0.2, 0) is 13.0 Å². The maximum Gasteiger partial charge on any atom is 0.159 e. The second kappa shape index (κ2) is 5.43. The van der Waals surface area contributed by atoms with Crippen molar-refractivity contribution in [2.45, 2.75) is 26.9 Å². The molecule has 0 radical (unpaired) electrons. The zero-order valence-corrected chi connectivity index (χ0v) is 10.2. The number of benzene rings is 1. The summed E-state index contributed by atoms with van der Waals surface area (Å²) in [5, 5.41) is 0. The SMILES string of the molecule is CCc1ncc(OCc2ccccc2)c(C)n1. The Morgan fingerprint density at radius 1 is 1.18 bits per heavy atom. The molecule has 1 heterocycles. The van der Waals surface area contributed by atoms with Gasteiger partial charge in [-0.25, -0.2) is 9.97 Å². The molecule has 0 amide bonds. The summed E-state index contributed by atoms with van der Waals surface area (Å²) in [7, 11) is 0. The quantitative estimate of drug-likeness (QED) is 0.807. The van der Waals surface area contributed by atoms with Gasteiger partial charge in [-0.05, 0) is 12.5 Å². The Balaban J connectivity index is 2.04. The Bertz CT molecular complexity index is 483. The summed E-state index contributed by atoms with van der Waals surface area (Å²) in [6.45, 7) is 4.54. The highest BCUT2D eigenvalue weighted by atomic mass is 16.5. The summed E-state index contributed by atoms with van der Waals surface area (Å²) in [4.78, 5) is 8.60. The number of nitrogens with zero attached hydrogens (tertiary/aromatic N) is 2. The molecule has 17 heavy (non-hydrogen) atoms. The number of aryl methyl sites for hydroxylation is 2. The minimum Gasteiger partial charge on any atom is -0.485 e. The van der Waals surface area contributed by atoms with Crippen LogP contribution in [0.5, 0.6) is 5.75 Å². The molecule has 0 bridgehead atoms. The second-order valence-corrected chi connectivity index (χ2v) is 3.86. The van der Waals surface area contributed by atoms with E-state index < -0.39 is 0 Å². The summed E-state index contributed by atoms with van der Waals surface area (Å²) >= 11 is 0. The van der Waals surface area contributed by atoms with Gasteiger partial charge in [-0.15, -0.1) is 0 Å². The molecule has 1 aromatic carbocycles. The Morgan fingerprint density at radius 2 is 1.94 bits per heavy atom. The molecule has 0 saturated carbocycles. The molecule has 0 aliphatic carbocycles. The van der Waals surface area contributed by atoms with Crippen molar-refractivity contribution in [1.29, 1.82) is 0 Å². The maximum absolute atomic E-state index is 5.70. The van der Waals surface area contributed by atoms with Crippen molar-refractivity contribution in [3.63, 3.8) is 0 Å². The van der Waals surface area contributed by atoms with Crippen molar-refractivity contribution in [3.8, 4) is 5.75 Å². The van der Waals surface area contributed by atoms with Gasteiger partial charge in [0.15, 0.2) is 5.75 Å². The lowest BCUT2D eigenvalue weighted by molar-refractivity contribution is 0.300. The second-order valence-electron chi connectivity index (χ2n) is 3.86. The van der Waals surface area contributed by atoms with Gasteiger partial charge in [-0.3, -0.25) is 0 Å². The zero-order valence-electron chi connectivity index (χ0n) is 10.2. The predicted molar refractivity (Wildman–Crippen MR) is 66.9 cm³/mol. The highest BCUT2D eigenvalue weighted by Crippen LogP contribution is 2.15. The molecule has 0 fully saturated rings. The lowest BCUT2D eigenvalue weighted by atomic mass is 10.2. The van der Waals surface area contributed by atoms with Crippen molar-refractivity contribution in [2.75, 3.05) is 0 Å². The standard InChI is InChI=1S/C14H16N2O/c1-3-14-15-9-13(11(2)16-14)17-10-12-7-5-4-6-8-12/h4-9H,3,10H2,1-2H3. The van der Waals surface area contributed by atoms with Crippen LogP contribution in [0.4, 0.5) is 0 Å². The first-order chi connectivity index (χ1) is 8.29. The Labute approximate surface area is 102 Å². The monoisotopic (exact) mass is 228 g/mol. The highest BCUT2D eigenvalue weighted by Gasteiger charge is 2.03. The number of hydrogen-bond acceptors (Lipinski definition) is 3. The van der Waals surface area contributed by atoms with Gasteiger partial charge in [0.25, 0.3) is 0 Å². The third-order valence-electron chi connectivity index (χ3n) is 2.54. The van der Waals surface area contributed by atoms with Crippen molar-refractivity contribution in [1.82, 2.24) is 9.97 Å². The van der Waals surface area contributed by atoms with E-state index in [1.807, 2.05) is 44.2 Å². The smallest absolute Gasteiger partial charge is 0.159 e. The van der Waals surface area contributed by atoms with Crippen LogP contribution in [0.3, 0.4) is 0 Å². The van der Waals surface area contributed by atoms with Gasteiger partial charge in [0.2, 0.25) is 0 Å². The molecule has 0 spiro atoms. The van der Waals surface area contributed by atoms with E-state index in [1.165, 1.54) is 0 Å². The van der Waals surface area contributed by atoms with Crippen LogP contribution in [0.2, 0.25) is 0 Å². The summed E-state index contributed by atoms with van der Waals surface area (Å²) in [6.07, 6.45) is 2.60. The number of aromatic nitrogens is 2. The summed E-state index contributed by atoms with van der Waals surface area (Å²) in [5.74, 6) is 1.61. The molecular formula is C14H16N2O. The van der Waals surface area contributed by atoms with Crippen LogP contribution >= 0.6 is 0 Å². The van der Waals surface area contributed by atoms with Crippen LogP contribution in [0, 0.1) is 6.92 Å². The topological polar surface area (TPSA) is 35.0 Å².